The van der Waals surface area contributed by atoms with Crippen LogP contribution in [0.4, 0.5) is 17.7 Å². The van der Waals surface area contributed by atoms with Crippen LogP contribution in [0, 0.1) is 0 Å². The van der Waals surface area contributed by atoms with Gasteiger partial charge in [0.05, 0.1) is 17.7 Å². The number of rotatable bonds is 4. The SMILES string of the molecule is CN(c1ccnc(N2CCOCC2)n1)C1CCCN(c2ncc(Br)cn2)C1. The molecule has 0 aromatic carbocycles. The van der Waals surface area contributed by atoms with Crippen molar-refractivity contribution in [2.75, 3.05) is 61.1 Å². The largest absolute Gasteiger partial charge is 0.378 e. The minimum Gasteiger partial charge on any atom is -0.378 e. The Morgan fingerprint density at radius 2 is 1.85 bits per heavy atom. The molecule has 0 amide bonds. The van der Waals surface area contributed by atoms with Gasteiger partial charge in [0.15, 0.2) is 0 Å². The van der Waals surface area contributed by atoms with Crippen molar-refractivity contribution in [1.29, 1.82) is 0 Å². The molecule has 2 aromatic rings. The molecule has 2 saturated heterocycles. The number of hydrogen-bond acceptors (Lipinski definition) is 8. The van der Waals surface area contributed by atoms with Gasteiger partial charge in [-0.2, -0.15) is 4.98 Å². The molecule has 4 rings (SSSR count). The van der Waals surface area contributed by atoms with Crippen molar-refractivity contribution in [2.24, 2.45) is 0 Å². The molecule has 1 atom stereocenters. The number of morpholine rings is 1. The lowest BCUT2D eigenvalue weighted by atomic mass is 10.0. The molecule has 2 aliphatic heterocycles. The molecule has 9 heteroatoms. The molecule has 27 heavy (non-hydrogen) atoms. The maximum absolute atomic E-state index is 5.43. The second kappa shape index (κ2) is 8.35. The molecule has 1 unspecified atom stereocenters. The number of nitrogens with zero attached hydrogens (tertiary/aromatic N) is 7. The number of aromatic nitrogens is 4. The van der Waals surface area contributed by atoms with Gasteiger partial charge in [0.1, 0.15) is 5.82 Å². The van der Waals surface area contributed by atoms with Gasteiger partial charge in [-0.3, -0.25) is 0 Å². The fourth-order valence-corrected chi connectivity index (χ4v) is 3.76. The van der Waals surface area contributed by atoms with Crippen LogP contribution in [0.25, 0.3) is 0 Å². The lowest BCUT2D eigenvalue weighted by molar-refractivity contribution is 0.122. The Bertz CT molecular complexity index is 754. The second-order valence-electron chi connectivity index (χ2n) is 6.87. The molecular formula is C18H24BrN7O. The molecule has 2 aliphatic rings. The van der Waals surface area contributed by atoms with Gasteiger partial charge in [-0.25, -0.2) is 15.0 Å². The van der Waals surface area contributed by atoms with Gasteiger partial charge in [-0.15, -0.1) is 0 Å². The molecule has 2 fully saturated rings. The summed E-state index contributed by atoms with van der Waals surface area (Å²) in [5.74, 6) is 2.52. The van der Waals surface area contributed by atoms with Crippen LogP contribution >= 0.6 is 15.9 Å². The van der Waals surface area contributed by atoms with E-state index in [1.54, 1.807) is 12.4 Å². The summed E-state index contributed by atoms with van der Waals surface area (Å²) in [6, 6.07) is 2.34. The normalized spacial score (nSPS) is 20.6. The van der Waals surface area contributed by atoms with Crippen LogP contribution in [0.15, 0.2) is 29.1 Å². The van der Waals surface area contributed by atoms with E-state index in [0.29, 0.717) is 6.04 Å². The number of hydrogen-bond donors (Lipinski definition) is 0. The van der Waals surface area contributed by atoms with E-state index in [-0.39, 0.29) is 0 Å². The van der Waals surface area contributed by atoms with Gasteiger partial charge < -0.3 is 19.4 Å². The second-order valence-corrected chi connectivity index (χ2v) is 7.78. The van der Waals surface area contributed by atoms with Crippen LogP contribution in [0.1, 0.15) is 12.8 Å². The van der Waals surface area contributed by atoms with Gasteiger partial charge in [-0.05, 0) is 34.8 Å². The maximum atomic E-state index is 5.43. The van der Waals surface area contributed by atoms with E-state index in [2.05, 4.69) is 52.6 Å². The maximum Gasteiger partial charge on any atom is 0.227 e. The molecule has 0 saturated carbocycles. The Hall–Kier alpha value is -2.00. The summed E-state index contributed by atoms with van der Waals surface area (Å²) >= 11 is 3.40. The summed E-state index contributed by atoms with van der Waals surface area (Å²) in [6.45, 7) is 5.00. The summed E-state index contributed by atoms with van der Waals surface area (Å²) in [4.78, 5) is 24.9. The molecule has 0 aliphatic carbocycles. The zero-order chi connectivity index (χ0) is 18.6. The van der Waals surface area contributed by atoms with Crippen molar-refractivity contribution in [3.05, 3.63) is 29.1 Å². The molecule has 0 spiro atoms. The van der Waals surface area contributed by atoms with E-state index in [1.165, 1.54) is 0 Å². The van der Waals surface area contributed by atoms with E-state index in [1.807, 2.05) is 12.3 Å². The first kappa shape index (κ1) is 18.4. The van der Waals surface area contributed by atoms with Gasteiger partial charge in [-0.1, -0.05) is 0 Å². The van der Waals surface area contributed by atoms with Crippen molar-refractivity contribution in [1.82, 2.24) is 19.9 Å². The average molecular weight is 434 g/mol. The molecule has 0 N–H and O–H groups in total. The standard InChI is InChI=1S/C18H24BrN7O/c1-24(16-4-5-20-18(23-16)25-7-9-27-10-8-25)15-3-2-6-26(13-15)17-21-11-14(19)12-22-17/h4-5,11-12,15H,2-3,6-10,13H2,1H3. The van der Waals surface area contributed by atoms with E-state index < -0.39 is 0 Å². The van der Waals surface area contributed by atoms with Crippen LogP contribution in [0.5, 0.6) is 0 Å². The van der Waals surface area contributed by atoms with Gasteiger partial charge >= 0.3 is 0 Å². The summed E-state index contributed by atoms with van der Waals surface area (Å²) in [5, 5.41) is 0. The molecule has 0 bridgehead atoms. The van der Waals surface area contributed by atoms with E-state index in [9.17, 15) is 0 Å². The first-order valence-electron chi connectivity index (χ1n) is 9.32. The number of likely N-dealkylation sites (N-methyl/N-ethyl adjacent to an activating group) is 1. The predicted octanol–water partition coefficient (Wildman–Crippen LogP) is 1.97. The topological polar surface area (TPSA) is 70.5 Å². The summed E-state index contributed by atoms with van der Waals surface area (Å²) in [5.41, 5.74) is 0. The third-order valence-corrected chi connectivity index (χ3v) is 5.53. The van der Waals surface area contributed by atoms with E-state index >= 15 is 0 Å². The van der Waals surface area contributed by atoms with Gasteiger partial charge in [0.2, 0.25) is 11.9 Å². The van der Waals surface area contributed by atoms with Gasteiger partial charge in [0, 0.05) is 57.9 Å². The summed E-state index contributed by atoms with van der Waals surface area (Å²) < 4.78 is 6.32. The lowest BCUT2D eigenvalue weighted by Crippen LogP contribution is -2.47. The van der Waals surface area contributed by atoms with Crippen molar-refractivity contribution in [2.45, 2.75) is 18.9 Å². The minimum atomic E-state index is 0.360. The predicted molar refractivity (Wildman–Crippen MR) is 108 cm³/mol. The van der Waals surface area contributed by atoms with Crippen LogP contribution in [0.2, 0.25) is 0 Å². The highest BCUT2D eigenvalue weighted by Gasteiger charge is 2.26. The monoisotopic (exact) mass is 433 g/mol. The summed E-state index contributed by atoms with van der Waals surface area (Å²) in [7, 11) is 2.11. The van der Waals surface area contributed by atoms with Crippen molar-refractivity contribution in [3.8, 4) is 0 Å². The van der Waals surface area contributed by atoms with E-state index in [0.717, 1.165) is 74.4 Å². The van der Waals surface area contributed by atoms with E-state index in [4.69, 9.17) is 9.72 Å². The van der Waals surface area contributed by atoms with Crippen LogP contribution in [-0.4, -0.2) is 72.4 Å². The molecule has 4 heterocycles. The molecule has 8 nitrogen and oxygen atoms in total. The number of anilines is 3. The average Bonchev–Trinajstić information content (AvgIpc) is 2.74. The lowest BCUT2D eigenvalue weighted by Gasteiger charge is -2.38. The minimum absolute atomic E-state index is 0.360. The van der Waals surface area contributed by atoms with Crippen LogP contribution in [0.3, 0.4) is 0 Å². The van der Waals surface area contributed by atoms with Crippen molar-refractivity contribution in [3.63, 3.8) is 0 Å². The van der Waals surface area contributed by atoms with Gasteiger partial charge in [0.25, 0.3) is 0 Å². The Balaban J connectivity index is 1.47. The Morgan fingerprint density at radius 3 is 2.63 bits per heavy atom. The summed E-state index contributed by atoms with van der Waals surface area (Å²) in [6.07, 6.45) is 7.68. The first-order chi connectivity index (χ1) is 13.2. The third kappa shape index (κ3) is 4.30. The number of ether oxygens (including phenoxy) is 1. The number of halogens is 1. The molecular weight excluding hydrogens is 410 g/mol. The Morgan fingerprint density at radius 1 is 1.07 bits per heavy atom. The quantitative estimate of drug-likeness (QED) is 0.724. The van der Waals surface area contributed by atoms with Crippen molar-refractivity contribution < 1.29 is 4.74 Å². The highest BCUT2D eigenvalue weighted by atomic mass is 79.9. The zero-order valence-electron chi connectivity index (χ0n) is 15.5. The zero-order valence-corrected chi connectivity index (χ0v) is 17.0. The Labute approximate surface area is 167 Å². The molecule has 144 valence electrons. The molecule has 0 radical (unpaired) electrons. The Kier molecular flexibility index (Phi) is 5.68. The molecule has 2 aromatic heterocycles. The third-order valence-electron chi connectivity index (χ3n) is 5.12. The fraction of sp³-hybridized carbons (Fsp3) is 0.556. The highest BCUT2D eigenvalue weighted by Crippen LogP contribution is 2.23. The highest BCUT2D eigenvalue weighted by molar-refractivity contribution is 9.10. The van der Waals surface area contributed by atoms with Crippen LogP contribution < -0.4 is 14.7 Å². The van der Waals surface area contributed by atoms with Crippen molar-refractivity contribution >= 4 is 33.6 Å². The first-order valence-corrected chi connectivity index (χ1v) is 10.1. The number of piperidine rings is 1. The smallest absolute Gasteiger partial charge is 0.227 e. The fourth-order valence-electron chi connectivity index (χ4n) is 3.56. The van der Waals surface area contributed by atoms with Crippen LogP contribution in [-0.2, 0) is 4.74 Å².